The van der Waals surface area contributed by atoms with Gasteiger partial charge in [0.25, 0.3) is 0 Å². The Kier molecular flexibility index (Phi) is 6.65. The maximum Gasteiger partial charge on any atom is 0.234 e. The van der Waals surface area contributed by atoms with E-state index in [4.69, 9.17) is 15.7 Å². The van der Waals surface area contributed by atoms with Crippen molar-refractivity contribution in [1.29, 1.82) is 5.26 Å². The summed E-state index contributed by atoms with van der Waals surface area (Å²) in [5.74, 6) is 3.38. The van der Waals surface area contributed by atoms with Gasteiger partial charge in [-0.1, -0.05) is 42.5 Å². The number of rotatable bonds is 6. The molecule has 2 aliphatic rings. The molecule has 8 rings (SSSR count). The van der Waals surface area contributed by atoms with Crippen molar-refractivity contribution in [3.05, 3.63) is 109 Å². The summed E-state index contributed by atoms with van der Waals surface area (Å²) in [6.45, 7) is 4.88. The van der Waals surface area contributed by atoms with Crippen molar-refractivity contribution < 1.29 is 0 Å². The Labute approximate surface area is 260 Å². The maximum atomic E-state index is 9.17. The van der Waals surface area contributed by atoms with E-state index in [9.17, 15) is 5.26 Å². The van der Waals surface area contributed by atoms with E-state index in [0.29, 0.717) is 23.5 Å². The molecule has 0 bridgehead atoms. The van der Waals surface area contributed by atoms with Gasteiger partial charge >= 0.3 is 0 Å². The first-order valence-corrected chi connectivity index (χ1v) is 15.1. The van der Waals surface area contributed by atoms with Gasteiger partial charge in [-0.3, -0.25) is 9.47 Å². The summed E-state index contributed by atoms with van der Waals surface area (Å²) in [5.41, 5.74) is 12.8. The molecule has 2 aromatic carbocycles. The molecule has 45 heavy (non-hydrogen) atoms. The first kappa shape index (κ1) is 26.9. The number of hydrogen-bond acceptors (Lipinski definition) is 9. The van der Waals surface area contributed by atoms with Crippen molar-refractivity contribution in [2.45, 2.75) is 6.54 Å². The van der Waals surface area contributed by atoms with Gasteiger partial charge in [0.15, 0.2) is 11.5 Å². The molecule has 2 aliphatic heterocycles. The van der Waals surface area contributed by atoms with Gasteiger partial charge in [-0.25, -0.2) is 24.9 Å². The summed E-state index contributed by atoms with van der Waals surface area (Å²) in [7, 11) is 0. The Morgan fingerprint density at radius 2 is 1.58 bits per heavy atom. The lowest BCUT2D eigenvalue weighted by Crippen LogP contribution is -2.29. The van der Waals surface area contributed by atoms with Gasteiger partial charge in [-0.05, 0) is 59.9 Å². The molecule has 2 saturated heterocycles. The van der Waals surface area contributed by atoms with E-state index >= 15 is 0 Å². The van der Waals surface area contributed by atoms with Crippen LogP contribution in [0, 0.1) is 23.2 Å². The van der Waals surface area contributed by atoms with Crippen LogP contribution in [0.15, 0.2) is 97.3 Å². The smallest absolute Gasteiger partial charge is 0.234 e. The van der Waals surface area contributed by atoms with E-state index in [1.165, 1.54) is 5.56 Å². The number of anilines is 2. The van der Waals surface area contributed by atoms with Crippen molar-refractivity contribution in [3.63, 3.8) is 0 Å². The van der Waals surface area contributed by atoms with Crippen LogP contribution in [0.5, 0.6) is 0 Å². The highest BCUT2D eigenvalue weighted by Gasteiger charge is 2.40. The van der Waals surface area contributed by atoms with Gasteiger partial charge < -0.3 is 10.6 Å². The van der Waals surface area contributed by atoms with Gasteiger partial charge in [0.2, 0.25) is 5.82 Å². The number of nitrogens with zero attached hydrogens (tertiary/aromatic N) is 9. The van der Waals surface area contributed by atoms with Gasteiger partial charge in [0.05, 0.1) is 11.3 Å². The summed E-state index contributed by atoms with van der Waals surface area (Å²) < 4.78 is 2.08. The van der Waals surface area contributed by atoms with Crippen LogP contribution in [0.4, 0.5) is 11.6 Å². The predicted molar refractivity (Wildman–Crippen MR) is 173 cm³/mol. The SMILES string of the molecule is N#Cc1nccc(N2C[C@H]3CN(Cc4ccc(-n5c(-c6cccnc6N)nc6ccc(-c7ccccc7)nc65)cc4)C[C@@H]3C2)n1. The van der Waals surface area contributed by atoms with E-state index in [2.05, 4.69) is 65.7 Å². The Morgan fingerprint density at radius 1 is 0.778 bits per heavy atom. The average Bonchev–Trinajstić information content (AvgIpc) is 3.77. The summed E-state index contributed by atoms with van der Waals surface area (Å²) >= 11 is 0. The lowest BCUT2D eigenvalue weighted by Gasteiger charge is -2.22. The van der Waals surface area contributed by atoms with Gasteiger partial charge in [-0.2, -0.15) is 5.26 Å². The van der Waals surface area contributed by atoms with Crippen LogP contribution < -0.4 is 10.6 Å². The summed E-state index contributed by atoms with van der Waals surface area (Å²) in [4.78, 5) is 27.6. The molecule has 0 unspecified atom stereocenters. The predicted octanol–water partition coefficient (Wildman–Crippen LogP) is 4.96. The molecular formula is C35H30N10. The van der Waals surface area contributed by atoms with Crippen LogP contribution in [0.3, 0.4) is 0 Å². The first-order valence-electron chi connectivity index (χ1n) is 15.1. The van der Waals surface area contributed by atoms with E-state index in [1.54, 1.807) is 12.4 Å². The fraction of sp³-hybridized carbons (Fsp3) is 0.200. The molecule has 0 spiro atoms. The molecule has 0 amide bonds. The van der Waals surface area contributed by atoms with Gasteiger partial charge in [0, 0.05) is 56.4 Å². The number of nitriles is 1. The van der Waals surface area contributed by atoms with Crippen LogP contribution >= 0.6 is 0 Å². The van der Waals surface area contributed by atoms with Gasteiger partial charge in [0.1, 0.15) is 23.2 Å². The Bertz CT molecular complexity index is 2030. The summed E-state index contributed by atoms with van der Waals surface area (Å²) in [5, 5.41) is 9.17. The quantitative estimate of drug-likeness (QED) is 0.286. The zero-order chi connectivity index (χ0) is 30.3. The highest BCUT2D eigenvalue weighted by atomic mass is 15.3. The molecule has 6 heterocycles. The van der Waals surface area contributed by atoms with Crippen LogP contribution in [0.25, 0.3) is 39.5 Å². The molecule has 2 fully saturated rings. The molecule has 4 aromatic heterocycles. The molecule has 0 saturated carbocycles. The lowest BCUT2D eigenvalue weighted by atomic mass is 10.0. The number of likely N-dealkylation sites (tertiary alicyclic amines) is 1. The zero-order valence-corrected chi connectivity index (χ0v) is 24.5. The lowest BCUT2D eigenvalue weighted by molar-refractivity contribution is 0.309. The van der Waals surface area contributed by atoms with Gasteiger partial charge in [-0.15, -0.1) is 0 Å². The Balaban J connectivity index is 1.05. The minimum absolute atomic E-state index is 0.224. The largest absolute Gasteiger partial charge is 0.383 e. The molecule has 2 atom stereocenters. The second-order valence-corrected chi connectivity index (χ2v) is 11.7. The molecule has 10 nitrogen and oxygen atoms in total. The zero-order valence-electron chi connectivity index (χ0n) is 24.5. The third kappa shape index (κ3) is 5.03. The number of nitrogen functional groups attached to an aromatic ring is 1. The van der Waals surface area contributed by atoms with E-state index in [1.807, 2.05) is 54.6 Å². The highest BCUT2D eigenvalue weighted by Crippen LogP contribution is 2.35. The summed E-state index contributed by atoms with van der Waals surface area (Å²) in [6, 6.07) is 30.7. The van der Waals surface area contributed by atoms with Crippen LogP contribution in [0.1, 0.15) is 11.4 Å². The van der Waals surface area contributed by atoms with Crippen molar-refractivity contribution in [1.82, 2.24) is 34.4 Å². The van der Waals surface area contributed by atoms with E-state index in [0.717, 1.165) is 72.2 Å². The topological polar surface area (TPSA) is 126 Å². The monoisotopic (exact) mass is 590 g/mol. The fourth-order valence-electron chi connectivity index (χ4n) is 6.75. The number of aromatic nitrogens is 6. The molecule has 2 N–H and O–H groups in total. The maximum absolute atomic E-state index is 9.17. The number of hydrogen-bond donors (Lipinski definition) is 1. The highest BCUT2D eigenvalue weighted by molar-refractivity contribution is 5.84. The number of nitrogens with two attached hydrogens (primary N) is 1. The Morgan fingerprint density at radius 3 is 2.33 bits per heavy atom. The van der Waals surface area contributed by atoms with Crippen LogP contribution in [-0.2, 0) is 6.54 Å². The fourth-order valence-corrected chi connectivity index (χ4v) is 6.75. The minimum Gasteiger partial charge on any atom is -0.383 e. The first-order chi connectivity index (χ1) is 22.1. The molecule has 0 aliphatic carbocycles. The molecule has 220 valence electrons. The van der Waals surface area contributed by atoms with E-state index < -0.39 is 0 Å². The van der Waals surface area contributed by atoms with Crippen molar-refractivity contribution in [3.8, 4) is 34.4 Å². The number of benzene rings is 2. The minimum atomic E-state index is 0.224. The Hall–Kier alpha value is -5.66. The number of fused-ring (bicyclic) bond motifs is 2. The molecule has 0 radical (unpaired) electrons. The third-order valence-corrected chi connectivity index (χ3v) is 8.88. The van der Waals surface area contributed by atoms with Crippen molar-refractivity contribution >= 4 is 22.8 Å². The average molecular weight is 591 g/mol. The molecule has 6 aromatic rings. The molecule has 10 heteroatoms. The van der Waals surface area contributed by atoms with E-state index in [-0.39, 0.29) is 5.82 Å². The second-order valence-electron chi connectivity index (χ2n) is 11.7. The van der Waals surface area contributed by atoms with Crippen molar-refractivity contribution in [2.75, 3.05) is 36.8 Å². The number of imidazole rings is 1. The van der Waals surface area contributed by atoms with Crippen LogP contribution in [0.2, 0.25) is 0 Å². The van der Waals surface area contributed by atoms with Crippen LogP contribution in [-0.4, -0.2) is 60.6 Å². The van der Waals surface area contributed by atoms with Crippen molar-refractivity contribution in [2.24, 2.45) is 11.8 Å². The summed E-state index contributed by atoms with van der Waals surface area (Å²) in [6.07, 6.45) is 3.36. The third-order valence-electron chi connectivity index (χ3n) is 8.88. The normalized spacial score (nSPS) is 17.9. The number of pyridine rings is 2. The molecular weight excluding hydrogens is 560 g/mol. The standard InChI is InChI=1S/C35H30N10/c36-17-31-38-16-14-32(42-31)44-21-25-19-43(20-26(25)22-44)18-23-8-10-27(11-9-23)45-34(28-7-4-15-39-33(28)37)41-30-13-12-29(40-35(30)45)24-5-2-1-3-6-24/h1-16,25-26H,18-22H2,(H2,37,39)/t25-,26-/m1/s1. The second kappa shape index (κ2) is 11.1.